The predicted octanol–water partition coefficient (Wildman–Crippen LogP) is 2.25. The maximum absolute atomic E-state index is 11.7. The van der Waals surface area contributed by atoms with Gasteiger partial charge in [0.25, 0.3) is 0 Å². The number of anilines is 2. The number of ether oxygens (including phenoxy) is 1. The highest BCUT2D eigenvalue weighted by Crippen LogP contribution is 2.28. The van der Waals surface area contributed by atoms with Gasteiger partial charge in [-0.2, -0.15) is 0 Å². The van der Waals surface area contributed by atoms with Crippen LogP contribution in [0.4, 0.5) is 11.4 Å². The summed E-state index contributed by atoms with van der Waals surface area (Å²) in [6.07, 6.45) is 0. The molecule has 0 unspecified atom stereocenters. The summed E-state index contributed by atoms with van der Waals surface area (Å²) in [5.74, 6) is 0.159. The normalized spacial score (nSPS) is 10.1. The zero-order valence-electron chi connectivity index (χ0n) is 11.0. The van der Waals surface area contributed by atoms with Crippen LogP contribution >= 0.6 is 0 Å². The van der Waals surface area contributed by atoms with E-state index in [4.69, 9.17) is 4.74 Å². The van der Waals surface area contributed by atoms with Crippen molar-refractivity contribution in [3.63, 3.8) is 0 Å². The van der Waals surface area contributed by atoms with Gasteiger partial charge < -0.3 is 15.4 Å². The molecule has 18 heavy (non-hydrogen) atoms. The van der Waals surface area contributed by atoms with Crippen LogP contribution in [0.1, 0.15) is 20.8 Å². The Labute approximate surface area is 107 Å². The first kappa shape index (κ1) is 14.0. The van der Waals surface area contributed by atoms with Gasteiger partial charge in [0.05, 0.1) is 12.8 Å². The molecule has 0 atom stereocenters. The van der Waals surface area contributed by atoms with Crippen molar-refractivity contribution in [1.82, 2.24) is 0 Å². The molecule has 0 aliphatic heterocycles. The molecule has 5 nitrogen and oxygen atoms in total. The third-order valence-corrected chi connectivity index (χ3v) is 2.30. The lowest BCUT2D eigenvalue weighted by molar-refractivity contribution is -0.119. The molecule has 2 amide bonds. The van der Waals surface area contributed by atoms with E-state index in [1.54, 1.807) is 32.0 Å². The first-order valence-electron chi connectivity index (χ1n) is 5.70. The molecule has 0 radical (unpaired) electrons. The van der Waals surface area contributed by atoms with Gasteiger partial charge in [0.2, 0.25) is 11.8 Å². The summed E-state index contributed by atoms with van der Waals surface area (Å²) < 4.78 is 5.16. The highest BCUT2D eigenvalue weighted by molar-refractivity contribution is 5.95. The number of methoxy groups -OCH3 is 1. The number of carbonyl (C=O) groups excluding carboxylic acids is 2. The van der Waals surface area contributed by atoms with Gasteiger partial charge in [0.15, 0.2) is 0 Å². The van der Waals surface area contributed by atoms with Gasteiger partial charge in [-0.3, -0.25) is 9.59 Å². The molecule has 0 fully saturated rings. The molecule has 1 rings (SSSR count). The lowest BCUT2D eigenvalue weighted by Gasteiger charge is -2.13. The maximum Gasteiger partial charge on any atom is 0.227 e. The summed E-state index contributed by atoms with van der Waals surface area (Å²) in [6, 6.07) is 5.08. The summed E-state index contributed by atoms with van der Waals surface area (Å²) in [5, 5.41) is 5.41. The number of amides is 2. The molecule has 0 aliphatic carbocycles. The van der Waals surface area contributed by atoms with Gasteiger partial charge >= 0.3 is 0 Å². The van der Waals surface area contributed by atoms with Crippen LogP contribution in [0.2, 0.25) is 0 Å². The van der Waals surface area contributed by atoms with Gasteiger partial charge in [0.1, 0.15) is 5.75 Å². The Hall–Kier alpha value is -2.04. The van der Waals surface area contributed by atoms with Crippen molar-refractivity contribution in [2.75, 3.05) is 17.7 Å². The number of hydrogen-bond acceptors (Lipinski definition) is 3. The summed E-state index contributed by atoms with van der Waals surface area (Å²) in [5.41, 5.74) is 1.16. The largest absolute Gasteiger partial charge is 0.495 e. The number of carbonyl (C=O) groups is 2. The summed E-state index contributed by atoms with van der Waals surface area (Å²) in [4.78, 5) is 22.6. The van der Waals surface area contributed by atoms with Gasteiger partial charge in [-0.25, -0.2) is 0 Å². The van der Waals surface area contributed by atoms with Crippen molar-refractivity contribution in [2.24, 2.45) is 5.92 Å². The van der Waals surface area contributed by atoms with Crippen molar-refractivity contribution < 1.29 is 14.3 Å². The summed E-state index contributed by atoms with van der Waals surface area (Å²) >= 11 is 0. The monoisotopic (exact) mass is 250 g/mol. The Balaban J connectivity index is 2.98. The van der Waals surface area contributed by atoms with E-state index in [0.29, 0.717) is 17.1 Å². The van der Waals surface area contributed by atoms with Crippen molar-refractivity contribution in [2.45, 2.75) is 20.8 Å². The highest BCUT2D eigenvalue weighted by atomic mass is 16.5. The molecule has 0 aliphatic rings. The average Bonchev–Trinajstić information content (AvgIpc) is 2.28. The van der Waals surface area contributed by atoms with Crippen LogP contribution in [0.5, 0.6) is 5.75 Å². The van der Waals surface area contributed by atoms with Crippen LogP contribution < -0.4 is 15.4 Å². The summed E-state index contributed by atoms with van der Waals surface area (Å²) in [6.45, 7) is 5.04. The van der Waals surface area contributed by atoms with E-state index < -0.39 is 0 Å². The zero-order chi connectivity index (χ0) is 13.7. The Morgan fingerprint density at radius 2 is 1.89 bits per heavy atom. The van der Waals surface area contributed by atoms with E-state index >= 15 is 0 Å². The molecule has 2 N–H and O–H groups in total. The molecule has 98 valence electrons. The lowest BCUT2D eigenvalue weighted by Crippen LogP contribution is -2.18. The highest BCUT2D eigenvalue weighted by Gasteiger charge is 2.11. The predicted molar refractivity (Wildman–Crippen MR) is 70.8 cm³/mol. The number of hydrogen-bond donors (Lipinski definition) is 2. The fourth-order valence-corrected chi connectivity index (χ4v) is 1.36. The van der Waals surface area contributed by atoms with Crippen LogP contribution in [0, 0.1) is 5.92 Å². The van der Waals surface area contributed by atoms with E-state index in [9.17, 15) is 9.59 Å². The van der Waals surface area contributed by atoms with Crippen molar-refractivity contribution in [1.29, 1.82) is 0 Å². The number of nitrogens with one attached hydrogen (secondary N) is 2. The maximum atomic E-state index is 11.7. The molecule has 5 heteroatoms. The lowest BCUT2D eigenvalue weighted by atomic mass is 10.2. The first-order chi connectivity index (χ1) is 8.43. The SMILES string of the molecule is COc1ccc(NC(C)=O)cc1NC(=O)C(C)C. The van der Waals surface area contributed by atoms with E-state index in [0.717, 1.165) is 0 Å². The Morgan fingerprint density at radius 1 is 1.22 bits per heavy atom. The second-order valence-corrected chi connectivity index (χ2v) is 4.24. The smallest absolute Gasteiger partial charge is 0.227 e. The van der Waals surface area contributed by atoms with Gasteiger partial charge in [0, 0.05) is 18.5 Å². The van der Waals surface area contributed by atoms with Crippen molar-refractivity contribution in [3.8, 4) is 5.75 Å². The molecule has 0 heterocycles. The van der Waals surface area contributed by atoms with Gasteiger partial charge in [-0.05, 0) is 18.2 Å². The minimum Gasteiger partial charge on any atom is -0.495 e. The molecular weight excluding hydrogens is 232 g/mol. The van der Waals surface area contributed by atoms with Crippen LogP contribution in [-0.4, -0.2) is 18.9 Å². The quantitative estimate of drug-likeness (QED) is 0.861. The van der Waals surface area contributed by atoms with Crippen molar-refractivity contribution >= 4 is 23.2 Å². The Kier molecular flexibility index (Phi) is 4.71. The second-order valence-electron chi connectivity index (χ2n) is 4.24. The van der Waals surface area contributed by atoms with Crippen LogP contribution in [-0.2, 0) is 9.59 Å². The average molecular weight is 250 g/mol. The molecular formula is C13H18N2O3. The molecule has 0 aromatic heterocycles. The molecule has 0 saturated heterocycles. The number of benzene rings is 1. The minimum absolute atomic E-state index is 0.103. The van der Waals surface area contributed by atoms with Crippen LogP contribution in [0.15, 0.2) is 18.2 Å². The molecule has 1 aromatic carbocycles. The zero-order valence-corrected chi connectivity index (χ0v) is 11.0. The molecule has 1 aromatic rings. The first-order valence-corrected chi connectivity index (χ1v) is 5.70. The van der Waals surface area contributed by atoms with Crippen LogP contribution in [0.25, 0.3) is 0 Å². The van der Waals surface area contributed by atoms with E-state index in [2.05, 4.69) is 10.6 Å². The fraction of sp³-hybridized carbons (Fsp3) is 0.385. The number of rotatable bonds is 4. The fourth-order valence-electron chi connectivity index (χ4n) is 1.36. The van der Waals surface area contributed by atoms with E-state index in [1.165, 1.54) is 14.0 Å². The Morgan fingerprint density at radius 3 is 2.39 bits per heavy atom. The van der Waals surface area contributed by atoms with E-state index in [1.807, 2.05) is 0 Å². The summed E-state index contributed by atoms with van der Waals surface area (Å²) in [7, 11) is 1.53. The van der Waals surface area contributed by atoms with Crippen LogP contribution in [0.3, 0.4) is 0 Å². The van der Waals surface area contributed by atoms with E-state index in [-0.39, 0.29) is 17.7 Å². The van der Waals surface area contributed by atoms with Gasteiger partial charge in [-0.15, -0.1) is 0 Å². The molecule has 0 saturated carbocycles. The minimum atomic E-state index is -0.165. The molecule has 0 spiro atoms. The standard InChI is InChI=1S/C13H18N2O3/c1-8(2)13(17)15-11-7-10(14-9(3)16)5-6-12(11)18-4/h5-8H,1-4H3,(H,14,16)(H,15,17). The molecule has 0 bridgehead atoms. The second kappa shape index (κ2) is 6.05. The van der Waals surface area contributed by atoms with Crippen molar-refractivity contribution in [3.05, 3.63) is 18.2 Å². The Bertz CT molecular complexity index is 456. The third-order valence-electron chi connectivity index (χ3n) is 2.30. The third kappa shape index (κ3) is 3.76. The topological polar surface area (TPSA) is 67.4 Å². The van der Waals surface area contributed by atoms with Gasteiger partial charge in [-0.1, -0.05) is 13.8 Å².